The highest BCUT2D eigenvalue weighted by Crippen LogP contribution is 2.17. The molecule has 2 heterocycles. The first-order valence-corrected chi connectivity index (χ1v) is 7.91. The minimum absolute atomic E-state index is 0.173. The Morgan fingerprint density at radius 2 is 2.10 bits per heavy atom. The number of aryl methyl sites for hydroxylation is 1. The molecule has 1 atom stereocenters. The van der Waals surface area contributed by atoms with Crippen molar-refractivity contribution in [2.75, 3.05) is 32.8 Å². The Morgan fingerprint density at radius 1 is 1.29 bits per heavy atom. The van der Waals surface area contributed by atoms with E-state index in [2.05, 4.69) is 36.1 Å². The van der Waals surface area contributed by atoms with Crippen LogP contribution in [0.5, 0.6) is 0 Å². The summed E-state index contributed by atoms with van der Waals surface area (Å²) in [6.45, 7) is 7.39. The molecule has 4 nitrogen and oxygen atoms in total. The average Bonchev–Trinajstić information content (AvgIpc) is 3.01. The fourth-order valence-corrected chi connectivity index (χ4v) is 3.17. The summed E-state index contributed by atoms with van der Waals surface area (Å²) in [5.41, 5.74) is 2.66. The molecular formula is C17H24N2O2. The van der Waals surface area contributed by atoms with Gasteiger partial charge in [0.1, 0.15) is 6.10 Å². The zero-order valence-electron chi connectivity index (χ0n) is 12.8. The van der Waals surface area contributed by atoms with E-state index in [1.165, 1.54) is 11.1 Å². The molecule has 0 bridgehead atoms. The summed E-state index contributed by atoms with van der Waals surface area (Å²) in [6, 6.07) is 8.66. The Kier molecular flexibility index (Phi) is 4.56. The second kappa shape index (κ2) is 6.58. The molecule has 1 aromatic carbocycles. The molecule has 0 aromatic heterocycles. The monoisotopic (exact) mass is 288 g/mol. The third-order valence-electron chi connectivity index (χ3n) is 4.38. The Labute approximate surface area is 126 Å². The van der Waals surface area contributed by atoms with Gasteiger partial charge in [0.2, 0.25) is 0 Å². The van der Waals surface area contributed by atoms with Gasteiger partial charge in [-0.05, 0) is 25.3 Å². The van der Waals surface area contributed by atoms with Gasteiger partial charge in [-0.2, -0.15) is 0 Å². The van der Waals surface area contributed by atoms with Crippen molar-refractivity contribution in [3.63, 3.8) is 0 Å². The highest BCUT2D eigenvalue weighted by Gasteiger charge is 2.30. The van der Waals surface area contributed by atoms with Gasteiger partial charge in [0.25, 0.3) is 5.91 Å². The van der Waals surface area contributed by atoms with Gasteiger partial charge in [-0.1, -0.05) is 29.8 Å². The Morgan fingerprint density at radius 3 is 2.76 bits per heavy atom. The molecule has 2 fully saturated rings. The lowest BCUT2D eigenvalue weighted by atomic mass is 10.1. The summed E-state index contributed by atoms with van der Waals surface area (Å²) in [5.74, 6) is 0.197. The van der Waals surface area contributed by atoms with E-state index >= 15 is 0 Å². The van der Waals surface area contributed by atoms with Gasteiger partial charge in [-0.3, -0.25) is 9.69 Å². The van der Waals surface area contributed by atoms with Gasteiger partial charge in [-0.25, -0.2) is 0 Å². The molecule has 2 aliphatic rings. The molecule has 2 saturated heterocycles. The van der Waals surface area contributed by atoms with E-state index < -0.39 is 0 Å². The van der Waals surface area contributed by atoms with Gasteiger partial charge in [0.15, 0.2) is 0 Å². The van der Waals surface area contributed by atoms with E-state index in [4.69, 9.17) is 4.74 Å². The summed E-state index contributed by atoms with van der Waals surface area (Å²) in [7, 11) is 0. The minimum Gasteiger partial charge on any atom is -0.368 e. The summed E-state index contributed by atoms with van der Waals surface area (Å²) >= 11 is 0. The fraction of sp³-hybridized carbons (Fsp3) is 0.588. The number of piperazine rings is 1. The third-order valence-corrected chi connectivity index (χ3v) is 4.38. The third kappa shape index (κ3) is 3.63. The molecule has 0 spiro atoms. The fourth-order valence-electron chi connectivity index (χ4n) is 3.17. The molecule has 114 valence electrons. The number of hydrogen-bond acceptors (Lipinski definition) is 3. The molecule has 0 radical (unpaired) electrons. The lowest BCUT2D eigenvalue weighted by Crippen LogP contribution is -2.51. The van der Waals surface area contributed by atoms with Crippen molar-refractivity contribution in [1.82, 2.24) is 9.80 Å². The lowest BCUT2D eigenvalue weighted by molar-refractivity contribution is -0.142. The van der Waals surface area contributed by atoms with Crippen molar-refractivity contribution in [1.29, 1.82) is 0 Å². The molecule has 4 heteroatoms. The normalized spacial score (nSPS) is 23.5. The SMILES string of the molecule is Cc1cccc(CN2CCN(C(=O)[C@@H]3CCCO3)CC2)c1. The number of amides is 1. The van der Waals surface area contributed by atoms with Crippen LogP contribution in [-0.4, -0.2) is 54.6 Å². The van der Waals surface area contributed by atoms with Crippen molar-refractivity contribution in [3.05, 3.63) is 35.4 Å². The van der Waals surface area contributed by atoms with Gasteiger partial charge >= 0.3 is 0 Å². The summed E-state index contributed by atoms with van der Waals surface area (Å²) in [4.78, 5) is 16.7. The van der Waals surface area contributed by atoms with E-state index in [1.807, 2.05) is 4.90 Å². The van der Waals surface area contributed by atoms with Crippen LogP contribution in [0.2, 0.25) is 0 Å². The molecule has 1 aromatic rings. The number of carbonyl (C=O) groups excluding carboxylic acids is 1. The standard InChI is InChI=1S/C17H24N2O2/c1-14-4-2-5-15(12-14)13-18-7-9-19(10-8-18)17(20)16-6-3-11-21-16/h2,4-5,12,16H,3,6-11,13H2,1H3/t16-/m0/s1. The lowest BCUT2D eigenvalue weighted by Gasteiger charge is -2.35. The maximum atomic E-state index is 12.3. The van der Waals surface area contributed by atoms with E-state index in [0.29, 0.717) is 0 Å². The topological polar surface area (TPSA) is 32.8 Å². The molecule has 0 saturated carbocycles. The smallest absolute Gasteiger partial charge is 0.251 e. The van der Waals surface area contributed by atoms with Crippen molar-refractivity contribution in [2.45, 2.75) is 32.4 Å². The van der Waals surface area contributed by atoms with Crippen LogP contribution in [0, 0.1) is 6.92 Å². The second-order valence-corrected chi connectivity index (χ2v) is 6.09. The Balaban J connectivity index is 1.49. The number of carbonyl (C=O) groups is 1. The number of nitrogens with zero attached hydrogens (tertiary/aromatic N) is 2. The first-order chi connectivity index (χ1) is 10.2. The molecule has 3 rings (SSSR count). The number of rotatable bonds is 3. The van der Waals surface area contributed by atoms with Crippen LogP contribution in [0.25, 0.3) is 0 Å². The number of ether oxygens (including phenoxy) is 1. The summed E-state index contributed by atoms with van der Waals surface area (Å²) < 4.78 is 5.50. The zero-order chi connectivity index (χ0) is 14.7. The minimum atomic E-state index is -0.173. The maximum Gasteiger partial charge on any atom is 0.251 e. The van der Waals surface area contributed by atoms with E-state index in [-0.39, 0.29) is 12.0 Å². The van der Waals surface area contributed by atoms with Crippen molar-refractivity contribution >= 4 is 5.91 Å². The predicted molar refractivity (Wildman–Crippen MR) is 82.0 cm³/mol. The summed E-state index contributed by atoms with van der Waals surface area (Å²) in [5, 5.41) is 0. The van der Waals surface area contributed by atoms with Gasteiger partial charge in [0.05, 0.1) is 0 Å². The van der Waals surface area contributed by atoms with E-state index in [1.54, 1.807) is 0 Å². The predicted octanol–water partition coefficient (Wildman–Crippen LogP) is 1.82. The number of benzene rings is 1. The van der Waals surface area contributed by atoms with Crippen LogP contribution >= 0.6 is 0 Å². The molecule has 0 N–H and O–H groups in total. The number of hydrogen-bond donors (Lipinski definition) is 0. The first-order valence-electron chi connectivity index (χ1n) is 7.91. The average molecular weight is 288 g/mol. The summed E-state index contributed by atoms with van der Waals surface area (Å²) in [6.07, 6.45) is 1.74. The van der Waals surface area contributed by atoms with E-state index in [0.717, 1.165) is 52.2 Å². The molecule has 1 amide bonds. The van der Waals surface area contributed by atoms with Crippen LogP contribution in [0.1, 0.15) is 24.0 Å². The van der Waals surface area contributed by atoms with Crippen molar-refractivity contribution < 1.29 is 9.53 Å². The molecule has 21 heavy (non-hydrogen) atoms. The van der Waals surface area contributed by atoms with Gasteiger partial charge in [0, 0.05) is 39.3 Å². The zero-order valence-corrected chi connectivity index (χ0v) is 12.8. The Hall–Kier alpha value is -1.39. The van der Waals surface area contributed by atoms with Gasteiger partial charge < -0.3 is 9.64 Å². The molecule has 0 aliphatic carbocycles. The van der Waals surface area contributed by atoms with Crippen molar-refractivity contribution in [2.24, 2.45) is 0 Å². The van der Waals surface area contributed by atoms with E-state index in [9.17, 15) is 4.79 Å². The van der Waals surface area contributed by atoms with Crippen LogP contribution in [-0.2, 0) is 16.1 Å². The molecular weight excluding hydrogens is 264 g/mol. The molecule has 0 unspecified atom stereocenters. The van der Waals surface area contributed by atoms with Crippen LogP contribution in [0.4, 0.5) is 0 Å². The van der Waals surface area contributed by atoms with Crippen LogP contribution in [0.15, 0.2) is 24.3 Å². The first kappa shape index (κ1) is 14.5. The Bertz CT molecular complexity index is 489. The van der Waals surface area contributed by atoms with Gasteiger partial charge in [-0.15, -0.1) is 0 Å². The van der Waals surface area contributed by atoms with Crippen LogP contribution < -0.4 is 0 Å². The van der Waals surface area contributed by atoms with Crippen molar-refractivity contribution in [3.8, 4) is 0 Å². The second-order valence-electron chi connectivity index (χ2n) is 6.09. The quantitative estimate of drug-likeness (QED) is 0.850. The molecule has 2 aliphatic heterocycles. The highest BCUT2D eigenvalue weighted by molar-refractivity contribution is 5.81. The maximum absolute atomic E-state index is 12.3. The largest absolute Gasteiger partial charge is 0.368 e. The highest BCUT2D eigenvalue weighted by atomic mass is 16.5. The van der Waals surface area contributed by atoms with Crippen LogP contribution in [0.3, 0.4) is 0 Å².